The molecule has 2 aromatic rings. The van der Waals surface area contributed by atoms with Crippen LogP contribution in [0.4, 0.5) is 0 Å². The van der Waals surface area contributed by atoms with Crippen LogP contribution in [0.15, 0.2) is 46.7 Å². The van der Waals surface area contributed by atoms with Crippen molar-refractivity contribution in [3.63, 3.8) is 0 Å². The Morgan fingerprint density at radius 3 is 2.67 bits per heavy atom. The van der Waals surface area contributed by atoms with Crippen molar-refractivity contribution in [1.29, 1.82) is 0 Å². The van der Waals surface area contributed by atoms with Gasteiger partial charge in [0.1, 0.15) is 0 Å². The van der Waals surface area contributed by atoms with Crippen LogP contribution in [0.5, 0.6) is 0 Å². The van der Waals surface area contributed by atoms with Crippen molar-refractivity contribution in [3.8, 4) is 0 Å². The van der Waals surface area contributed by atoms with Gasteiger partial charge in [-0.05, 0) is 42.4 Å². The fourth-order valence-electron chi connectivity index (χ4n) is 2.00. The first-order valence-corrected chi connectivity index (χ1v) is 8.88. The highest BCUT2D eigenvalue weighted by Crippen LogP contribution is 2.15. The number of thioether (sulfide) groups is 1. The summed E-state index contributed by atoms with van der Waals surface area (Å²) in [6.07, 6.45) is 2.07. The quantitative estimate of drug-likeness (QED) is 0.795. The number of amides is 1. The highest BCUT2D eigenvalue weighted by atomic mass is 32.2. The molecule has 0 unspecified atom stereocenters. The fraction of sp³-hybridized carbons (Fsp3) is 0.312. The average molecular weight is 320 g/mol. The lowest BCUT2D eigenvalue weighted by molar-refractivity contribution is -0.122. The summed E-state index contributed by atoms with van der Waals surface area (Å²) in [5.41, 5.74) is 1.22. The van der Waals surface area contributed by atoms with E-state index in [0.29, 0.717) is 13.1 Å². The Kier molecular flexibility index (Phi) is 6.29. The maximum Gasteiger partial charge on any atom is 0.234 e. The maximum absolute atomic E-state index is 11.9. The molecule has 0 aliphatic heterocycles. The predicted octanol–water partition coefficient (Wildman–Crippen LogP) is 3.22. The first-order valence-electron chi connectivity index (χ1n) is 6.78. The van der Waals surface area contributed by atoms with Gasteiger partial charge in [-0.15, -0.1) is 23.1 Å². The molecule has 0 aliphatic carbocycles. The van der Waals surface area contributed by atoms with Gasteiger partial charge in [0.15, 0.2) is 0 Å². The minimum Gasteiger partial charge on any atom is -0.350 e. The molecule has 1 heterocycles. The summed E-state index contributed by atoms with van der Waals surface area (Å²) in [5, 5.41) is 4.97. The molecule has 112 valence electrons. The molecule has 0 radical (unpaired) electrons. The molecule has 0 saturated heterocycles. The van der Waals surface area contributed by atoms with E-state index in [1.807, 2.05) is 29.5 Å². The Hall–Kier alpha value is -1.30. The molecule has 2 rings (SSSR count). The number of benzene rings is 1. The lowest BCUT2D eigenvalue weighted by Gasteiger charge is -2.16. The lowest BCUT2D eigenvalue weighted by Crippen LogP contribution is -2.34. The predicted molar refractivity (Wildman–Crippen MR) is 90.7 cm³/mol. The van der Waals surface area contributed by atoms with Gasteiger partial charge in [0.05, 0.1) is 13.1 Å². The van der Waals surface area contributed by atoms with Crippen LogP contribution < -0.4 is 5.32 Å². The second kappa shape index (κ2) is 8.22. The Labute approximate surface area is 134 Å². The third-order valence-electron chi connectivity index (χ3n) is 3.06. The first-order chi connectivity index (χ1) is 10.2. The Balaban J connectivity index is 1.75. The zero-order chi connectivity index (χ0) is 15.1. The van der Waals surface area contributed by atoms with Gasteiger partial charge in [0, 0.05) is 16.3 Å². The number of carbonyl (C=O) groups excluding carboxylic acids is 1. The van der Waals surface area contributed by atoms with Gasteiger partial charge < -0.3 is 5.32 Å². The molecule has 0 bridgehead atoms. The van der Waals surface area contributed by atoms with Crippen molar-refractivity contribution in [3.05, 3.63) is 52.2 Å². The van der Waals surface area contributed by atoms with Crippen molar-refractivity contribution in [1.82, 2.24) is 10.2 Å². The summed E-state index contributed by atoms with van der Waals surface area (Å²) in [6, 6.07) is 12.5. The summed E-state index contributed by atoms with van der Waals surface area (Å²) in [6.45, 7) is 1.81. The second-order valence-electron chi connectivity index (χ2n) is 4.88. The van der Waals surface area contributed by atoms with E-state index in [1.54, 1.807) is 23.1 Å². The molecule has 1 N–H and O–H groups in total. The third kappa shape index (κ3) is 5.53. The molecular formula is C16H20N2OS2. The van der Waals surface area contributed by atoms with Gasteiger partial charge in [-0.3, -0.25) is 9.69 Å². The molecule has 3 nitrogen and oxygen atoms in total. The van der Waals surface area contributed by atoms with Gasteiger partial charge in [-0.2, -0.15) is 0 Å². The molecule has 1 amide bonds. The van der Waals surface area contributed by atoms with Gasteiger partial charge in [0.25, 0.3) is 0 Å². The van der Waals surface area contributed by atoms with E-state index in [2.05, 4.69) is 35.8 Å². The Bertz CT molecular complexity index is 552. The number of thiophene rings is 1. The number of rotatable bonds is 7. The van der Waals surface area contributed by atoms with Crippen LogP contribution in [0, 0.1) is 0 Å². The Morgan fingerprint density at radius 1 is 1.29 bits per heavy atom. The van der Waals surface area contributed by atoms with Crippen LogP contribution in [0.2, 0.25) is 0 Å². The average Bonchev–Trinajstić information content (AvgIpc) is 2.99. The second-order valence-corrected chi connectivity index (χ2v) is 6.79. The molecule has 0 atom stereocenters. The van der Waals surface area contributed by atoms with Crippen LogP contribution in [0.1, 0.15) is 10.4 Å². The van der Waals surface area contributed by atoms with Crippen LogP contribution >= 0.6 is 23.1 Å². The first kappa shape index (κ1) is 16.1. The number of hydrogen-bond donors (Lipinski definition) is 1. The summed E-state index contributed by atoms with van der Waals surface area (Å²) in [5.74, 6) is 0.0617. The molecule has 1 aromatic carbocycles. The lowest BCUT2D eigenvalue weighted by atomic mass is 10.2. The van der Waals surface area contributed by atoms with E-state index in [1.165, 1.54) is 15.3 Å². The monoisotopic (exact) mass is 320 g/mol. The van der Waals surface area contributed by atoms with Crippen LogP contribution in [0.3, 0.4) is 0 Å². The highest BCUT2D eigenvalue weighted by Gasteiger charge is 2.07. The zero-order valence-electron chi connectivity index (χ0n) is 12.3. The van der Waals surface area contributed by atoms with Crippen molar-refractivity contribution in [2.45, 2.75) is 18.0 Å². The molecule has 0 spiro atoms. The molecule has 1 aromatic heterocycles. The number of carbonyl (C=O) groups is 1. The Morgan fingerprint density at radius 2 is 2.05 bits per heavy atom. The minimum absolute atomic E-state index is 0.0617. The van der Waals surface area contributed by atoms with Crippen molar-refractivity contribution in [2.24, 2.45) is 0 Å². The molecule has 0 saturated carbocycles. The molecule has 0 aliphatic rings. The van der Waals surface area contributed by atoms with Gasteiger partial charge in [-0.1, -0.05) is 18.2 Å². The zero-order valence-corrected chi connectivity index (χ0v) is 14.0. The van der Waals surface area contributed by atoms with Crippen LogP contribution in [-0.4, -0.2) is 30.7 Å². The number of hydrogen-bond acceptors (Lipinski definition) is 4. The van der Waals surface area contributed by atoms with Gasteiger partial charge >= 0.3 is 0 Å². The summed E-state index contributed by atoms with van der Waals surface area (Å²) < 4.78 is 0. The van der Waals surface area contributed by atoms with Crippen LogP contribution in [0.25, 0.3) is 0 Å². The molecule has 0 fully saturated rings. The summed E-state index contributed by atoms with van der Waals surface area (Å²) >= 11 is 3.40. The fourth-order valence-corrected chi connectivity index (χ4v) is 3.05. The summed E-state index contributed by atoms with van der Waals surface area (Å²) in [7, 11) is 1.97. The van der Waals surface area contributed by atoms with Gasteiger partial charge in [0.2, 0.25) is 5.91 Å². The number of nitrogens with zero attached hydrogens (tertiary/aromatic N) is 1. The highest BCUT2D eigenvalue weighted by molar-refractivity contribution is 7.98. The topological polar surface area (TPSA) is 32.3 Å². The van der Waals surface area contributed by atoms with E-state index in [0.717, 1.165) is 6.54 Å². The van der Waals surface area contributed by atoms with E-state index in [4.69, 9.17) is 0 Å². The minimum atomic E-state index is 0.0617. The van der Waals surface area contributed by atoms with E-state index < -0.39 is 0 Å². The maximum atomic E-state index is 11.9. The van der Waals surface area contributed by atoms with E-state index in [-0.39, 0.29) is 5.91 Å². The van der Waals surface area contributed by atoms with E-state index in [9.17, 15) is 4.79 Å². The van der Waals surface area contributed by atoms with Gasteiger partial charge in [-0.25, -0.2) is 0 Å². The normalized spacial score (nSPS) is 10.8. The third-order valence-corrected chi connectivity index (χ3v) is 4.68. The number of nitrogens with one attached hydrogen (secondary N) is 1. The standard InChI is InChI=1S/C16H20N2OS2/c1-18(11-13-5-7-14(20-2)8-6-13)12-16(19)17-10-15-4-3-9-21-15/h3-9H,10-12H2,1-2H3,(H,17,19). The van der Waals surface area contributed by atoms with Crippen molar-refractivity contribution in [2.75, 3.05) is 19.8 Å². The van der Waals surface area contributed by atoms with Crippen LogP contribution in [-0.2, 0) is 17.9 Å². The molecular weight excluding hydrogens is 300 g/mol. The number of likely N-dealkylation sites (N-methyl/N-ethyl adjacent to an activating group) is 1. The molecule has 5 heteroatoms. The largest absolute Gasteiger partial charge is 0.350 e. The smallest absolute Gasteiger partial charge is 0.234 e. The SMILES string of the molecule is CSc1ccc(CN(C)CC(=O)NCc2cccs2)cc1. The summed E-state index contributed by atoms with van der Waals surface area (Å²) in [4.78, 5) is 16.4. The van der Waals surface area contributed by atoms with Crippen molar-refractivity contribution >= 4 is 29.0 Å². The molecule has 21 heavy (non-hydrogen) atoms. The van der Waals surface area contributed by atoms with E-state index >= 15 is 0 Å². The van der Waals surface area contributed by atoms with Crippen molar-refractivity contribution < 1.29 is 4.79 Å².